The Labute approximate surface area is 202 Å². The topological polar surface area (TPSA) is 69.0 Å². The largest absolute Gasteiger partial charge is 0.486 e. The summed E-state index contributed by atoms with van der Waals surface area (Å²) >= 11 is 7.39. The lowest BCUT2D eigenvalue weighted by Crippen LogP contribution is -2.16. The summed E-state index contributed by atoms with van der Waals surface area (Å²) in [5, 5.41) is 12.9. The predicted octanol–water partition coefficient (Wildman–Crippen LogP) is 5.85. The van der Waals surface area contributed by atoms with Gasteiger partial charge in [0.25, 0.3) is 0 Å². The van der Waals surface area contributed by atoms with Crippen LogP contribution in [0.25, 0.3) is 5.69 Å². The van der Waals surface area contributed by atoms with Gasteiger partial charge in [0.2, 0.25) is 5.91 Å². The van der Waals surface area contributed by atoms with E-state index in [0.29, 0.717) is 16.0 Å². The third-order valence-electron chi connectivity index (χ3n) is 4.97. The fraction of sp³-hybridized carbons (Fsp3) is 0.160. The molecule has 1 aromatic heterocycles. The molecule has 0 aliphatic heterocycles. The second-order valence-electron chi connectivity index (χ2n) is 7.42. The van der Waals surface area contributed by atoms with E-state index in [-0.39, 0.29) is 18.3 Å². The average molecular weight is 479 g/mol. The molecule has 33 heavy (non-hydrogen) atoms. The van der Waals surface area contributed by atoms with Crippen LogP contribution in [-0.2, 0) is 11.4 Å². The van der Waals surface area contributed by atoms with E-state index in [2.05, 4.69) is 15.5 Å². The van der Waals surface area contributed by atoms with Gasteiger partial charge in [0.15, 0.2) is 11.0 Å². The molecule has 3 aromatic carbocycles. The second kappa shape index (κ2) is 10.6. The van der Waals surface area contributed by atoms with Crippen LogP contribution in [0.4, 0.5) is 5.69 Å². The van der Waals surface area contributed by atoms with E-state index in [4.69, 9.17) is 16.3 Å². The van der Waals surface area contributed by atoms with Gasteiger partial charge in [-0.25, -0.2) is 0 Å². The number of hydrogen-bond acceptors (Lipinski definition) is 5. The van der Waals surface area contributed by atoms with Crippen molar-refractivity contribution in [3.63, 3.8) is 0 Å². The molecule has 4 rings (SSSR count). The quantitative estimate of drug-likeness (QED) is 0.322. The van der Waals surface area contributed by atoms with Gasteiger partial charge in [0.05, 0.1) is 5.75 Å². The average Bonchev–Trinajstić information content (AvgIpc) is 3.23. The molecule has 4 aromatic rings. The number of nitrogens with zero attached hydrogens (tertiary/aromatic N) is 3. The minimum absolute atomic E-state index is 0.106. The number of thioether (sulfide) groups is 1. The number of amides is 1. The minimum atomic E-state index is -0.106. The summed E-state index contributed by atoms with van der Waals surface area (Å²) in [6.45, 7) is 4.19. The van der Waals surface area contributed by atoms with Gasteiger partial charge in [-0.2, -0.15) is 0 Å². The lowest BCUT2D eigenvalue weighted by atomic mass is 10.1. The molecule has 0 fully saturated rings. The number of hydrogen-bond donors (Lipinski definition) is 1. The van der Waals surface area contributed by atoms with Gasteiger partial charge in [-0.1, -0.05) is 59.8 Å². The molecule has 1 N–H and O–H groups in total. The number of rotatable bonds is 8. The number of carbonyl (C=O) groups excluding carboxylic acids is 1. The summed E-state index contributed by atoms with van der Waals surface area (Å²) < 4.78 is 7.77. The zero-order valence-electron chi connectivity index (χ0n) is 18.3. The highest BCUT2D eigenvalue weighted by Crippen LogP contribution is 2.25. The molecule has 1 heterocycles. The Kier molecular flexibility index (Phi) is 7.32. The predicted molar refractivity (Wildman–Crippen MR) is 132 cm³/mol. The van der Waals surface area contributed by atoms with Crippen molar-refractivity contribution in [2.75, 3.05) is 11.1 Å². The van der Waals surface area contributed by atoms with Crippen molar-refractivity contribution in [1.29, 1.82) is 0 Å². The lowest BCUT2D eigenvalue weighted by Gasteiger charge is -2.13. The molecule has 0 radical (unpaired) electrons. The van der Waals surface area contributed by atoms with Gasteiger partial charge in [-0.3, -0.25) is 9.36 Å². The van der Waals surface area contributed by atoms with E-state index < -0.39 is 0 Å². The van der Waals surface area contributed by atoms with Crippen LogP contribution in [0.15, 0.2) is 78.0 Å². The van der Waals surface area contributed by atoms with Gasteiger partial charge in [0.1, 0.15) is 12.4 Å². The Bertz CT molecular complexity index is 1220. The first-order valence-electron chi connectivity index (χ1n) is 10.4. The third kappa shape index (κ3) is 5.74. The summed E-state index contributed by atoms with van der Waals surface area (Å²) in [4.78, 5) is 12.7. The van der Waals surface area contributed by atoms with Crippen molar-refractivity contribution in [2.24, 2.45) is 0 Å². The molecule has 0 spiro atoms. The van der Waals surface area contributed by atoms with Gasteiger partial charge in [-0.15, -0.1) is 10.2 Å². The maximum atomic E-state index is 12.7. The molecule has 168 valence electrons. The number of carbonyl (C=O) groups is 1. The van der Waals surface area contributed by atoms with E-state index in [1.54, 1.807) is 12.1 Å². The highest BCUT2D eigenvalue weighted by molar-refractivity contribution is 7.99. The molecule has 0 saturated heterocycles. The van der Waals surface area contributed by atoms with Crippen LogP contribution < -0.4 is 10.1 Å². The number of aryl methyl sites for hydroxylation is 2. The molecular formula is C25H23ClN4O2S. The number of aromatic nitrogens is 3. The van der Waals surface area contributed by atoms with Crippen LogP contribution in [-0.4, -0.2) is 26.4 Å². The second-order valence-corrected chi connectivity index (χ2v) is 8.79. The summed E-state index contributed by atoms with van der Waals surface area (Å²) in [5.41, 5.74) is 3.74. The van der Waals surface area contributed by atoms with Crippen molar-refractivity contribution in [2.45, 2.75) is 25.6 Å². The van der Waals surface area contributed by atoms with Crippen molar-refractivity contribution in [3.05, 3.63) is 94.8 Å². The molecule has 0 aliphatic carbocycles. The normalized spacial score (nSPS) is 10.8. The number of nitrogens with one attached hydrogen (secondary N) is 1. The Balaban J connectivity index is 1.52. The van der Waals surface area contributed by atoms with Crippen LogP contribution in [0.1, 0.15) is 17.0 Å². The van der Waals surface area contributed by atoms with Crippen LogP contribution >= 0.6 is 23.4 Å². The monoisotopic (exact) mass is 478 g/mol. The SMILES string of the molecule is Cc1cccc(C)c1NC(=O)CSc1nnc(COc2ccccc2)n1-c1ccc(Cl)cc1. The van der Waals surface area contributed by atoms with E-state index in [1.165, 1.54) is 11.8 Å². The maximum Gasteiger partial charge on any atom is 0.234 e. The zero-order chi connectivity index (χ0) is 23.2. The first-order chi connectivity index (χ1) is 16.0. The zero-order valence-corrected chi connectivity index (χ0v) is 19.9. The first-order valence-corrected chi connectivity index (χ1v) is 11.7. The summed E-state index contributed by atoms with van der Waals surface area (Å²) in [7, 11) is 0. The number of para-hydroxylation sites is 2. The summed E-state index contributed by atoms with van der Waals surface area (Å²) in [5.74, 6) is 1.45. The van der Waals surface area contributed by atoms with Crippen LogP contribution in [0.5, 0.6) is 5.75 Å². The Morgan fingerprint density at radius 3 is 2.36 bits per heavy atom. The number of ether oxygens (including phenoxy) is 1. The molecule has 0 atom stereocenters. The highest BCUT2D eigenvalue weighted by Gasteiger charge is 2.17. The fourth-order valence-corrected chi connectivity index (χ4v) is 4.22. The standard InChI is InChI=1S/C25H23ClN4O2S/c1-17-7-6-8-18(2)24(17)27-23(31)16-33-25-29-28-22(15-32-21-9-4-3-5-10-21)30(25)20-13-11-19(26)12-14-20/h3-14H,15-16H2,1-2H3,(H,27,31). The molecule has 0 bridgehead atoms. The van der Waals surface area contributed by atoms with Crippen LogP contribution in [0.3, 0.4) is 0 Å². The maximum absolute atomic E-state index is 12.7. The van der Waals surface area contributed by atoms with E-state index in [0.717, 1.165) is 28.3 Å². The molecule has 0 saturated carbocycles. The Morgan fingerprint density at radius 2 is 1.67 bits per heavy atom. The number of anilines is 1. The molecule has 8 heteroatoms. The van der Waals surface area contributed by atoms with Crippen molar-refractivity contribution in [3.8, 4) is 11.4 Å². The Morgan fingerprint density at radius 1 is 0.970 bits per heavy atom. The van der Waals surface area contributed by atoms with Gasteiger partial charge < -0.3 is 10.1 Å². The molecule has 6 nitrogen and oxygen atoms in total. The molecule has 1 amide bonds. The van der Waals surface area contributed by atoms with Gasteiger partial charge in [-0.05, 0) is 61.4 Å². The molecule has 0 unspecified atom stereocenters. The van der Waals surface area contributed by atoms with Gasteiger partial charge in [0, 0.05) is 16.4 Å². The number of benzene rings is 3. The lowest BCUT2D eigenvalue weighted by molar-refractivity contribution is -0.113. The van der Waals surface area contributed by atoms with Crippen LogP contribution in [0.2, 0.25) is 5.02 Å². The van der Waals surface area contributed by atoms with Crippen molar-refractivity contribution in [1.82, 2.24) is 14.8 Å². The van der Waals surface area contributed by atoms with Gasteiger partial charge >= 0.3 is 0 Å². The molecular weight excluding hydrogens is 456 g/mol. The third-order valence-corrected chi connectivity index (χ3v) is 6.16. The smallest absolute Gasteiger partial charge is 0.234 e. The number of halogens is 1. The minimum Gasteiger partial charge on any atom is -0.486 e. The van der Waals surface area contributed by atoms with E-state index >= 15 is 0 Å². The Hall–Kier alpha value is -3.29. The summed E-state index contributed by atoms with van der Waals surface area (Å²) in [6.07, 6.45) is 0. The van der Waals surface area contributed by atoms with E-state index in [1.807, 2.05) is 79.1 Å². The first kappa shape index (κ1) is 22.9. The van der Waals surface area contributed by atoms with Crippen LogP contribution in [0, 0.1) is 13.8 Å². The molecule has 0 aliphatic rings. The van der Waals surface area contributed by atoms with Crippen molar-refractivity contribution < 1.29 is 9.53 Å². The summed E-state index contributed by atoms with van der Waals surface area (Å²) in [6, 6.07) is 22.8. The van der Waals surface area contributed by atoms with Crippen molar-refractivity contribution >= 4 is 35.0 Å². The highest BCUT2D eigenvalue weighted by atomic mass is 35.5. The van der Waals surface area contributed by atoms with E-state index in [9.17, 15) is 4.79 Å². The fourth-order valence-electron chi connectivity index (χ4n) is 3.32.